The van der Waals surface area contributed by atoms with Crippen LogP contribution >= 0.6 is 0 Å². The maximum atomic E-state index is 11.6. The molecule has 5 heteroatoms. The van der Waals surface area contributed by atoms with Crippen molar-refractivity contribution in [2.45, 2.75) is 19.6 Å². The zero-order valence-electron chi connectivity index (χ0n) is 9.77. The molecule has 1 aromatic rings. The molecule has 0 unspecified atom stereocenters. The van der Waals surface area contributed by atoms with Gasteiger partial charge in [0.15, 0.2) is 0 Å². The van der Waals surface area contributed by atoms with Crippen LogP contribution in [-0.4, -0.2) is 30.1 Å². The zero-order chi connectivity index (χ0) is 12.8. The van der Waals surface area contributed by atoms with Crippen molar-refractivity contribution in [3.63, 3.8) is 0 Å². The van der Waals surface area contributed by atoms with Gasteiger partial charge in [-0.05, 0) is 24.6 Å². The number of carbonyl (C=O) groups is 2. The Balaban J connectivity index is 2.66. The molecule has 0 fully saturated rings. The molecule has 0 heterocycles. The first-order valence-corrected chi connectivity index (χ1v) is 5.16. The molecule has 0 aliphatic carbocycles. The van der Waals surface area contributed by atoms with Crippen molar-refractivity contribution in [3.05, 3.63) is 35.4 Å². The fraction of sp³-hybridized carbons (Fsp3) is 0.333. The van der Waals surface area contributed by atoms with Gasteiger partial charge in [-0.2, -0.15) is 0 Å². The summed E-state index contributed by atoms with van der Waals surface area (Å²) in [4.78, 5) is 22.2. The molecule has 0 radical (unpaired) electrons. The smallest absolute Gasteiger partial charge is 0.325 e. The topological polar surface area (TPSA) is 75.6 Å². The average Bonchev–Trinajstić information content (AvgIpc) is 2.30. The van der Waals surface area contributed by atoms with Crippen LogP contribution in [0.5, 0.6) is 0 Å². The fourth-order valence-electron chi connectivity index (χ4n) is 1.26. The number of carboxylic acid groups (broad SMARTS) is 1. The molecule has 0 aliphatic rings. The molecule has 0 aliphatic heterocycles. The van der Waals surface area contributed by atoms with Crippen LogP contribution in [0.1, 0.15) is 22.8 Å². The molecule has 1 rings (SSSR count). The molecular formula is C12H15NO4. The quantitative estimate of drug-likeness (QED) is 0.802. The normalized spacial score (nSPS) is 11.9. The Hall–Kier alpha value is -1.88. The lowest BCUT2D eigenvalue weighted by Crippen LogP contribution is -2.38. The lowest BCUT2D eigenvalue weighted by Gasteiger charge is -2.09. The van der Waals surface area contributed by atoms with Gasteiger partial charge in [-0.15, -0.1) is 0 Å². The lowest BCUT2D eigenvalue weighted by atomic mass is 10.1. The molecule has 0 saturated heterocycles. The van der Waals surface area contributed by atoms with Crippen molar-refractivity contribution in [1.82, 2.24) is 5.32 Å². The summed E-state index contributed by atoms with van der Waals surface area (Å²) in [5, 5.41) is 11.0. The van der Waals surface area contributed by atoms with E-state index >= 15 is 0 Å². The van der Waals surface area contributed by atoms with Crippen molar-refractivity contribution >= 4 is 11.9 Å². The number of methoxy groups -OCH3 is 1. The minimum absolute atomic E-state index is 0.399. The van der Waals surface area contributed by atoms with Crippen molar-refractivity contribution in [3.8, 4) is 0 Å². The van der Waals surface area contributed by atoms with Crippen molar-refractivity contribution in [1.29, 1.82) is 0 Å². The first kappa shape index (κ1) is 13.2. The maximum Gasteiger partial charge on any atom is 0.325 e. The Labute approximate surface area is 99.4 Å². The van der Waals surface area contributed by atoms with Crippen LogP contribution in [0.25, 0.3) is 0 Å². The summed E-state index contributed by atoms with van der Waals surface area (Å²) in [5.41, 5.74) is 1.38. The van der Waals surface area contributed by atoms with E-state index in [4.69, 9.17) is 9.84 Å². The predicted octanol–water partition coefficient (Wildman–Crippen LogP) is 1.04. The van der Waals surface area contributed by atoms with E-state index in [9.17, 15) is 9.59 Å². The van der Waals surface area contributed by atoms with Gasteiger partial charge < -0.3 is 15.2 Å². The third-order valence-electron chi connectivity index (χ3n) is 2.25. The number of aliphatic carboxylic acids is 1. The van der Waals surface area contributed by atoms with E-state index in [-0.39, 0.29) is 0 Å². The largest absolute Gasteiger partial charge is 0.480 e. The maximum absolute atomic E-state index is 11.6. The standard InChI is InChI=1S/C12H15NO4/c1-8(12(15)16)13-11(14)10-5-3-9(4-6-10)7-17-2/h3-6,8H,7H2,1-2H3,(H,13,14)(H,15,16)/t8-/m0/s1. The van der Waals surface area contributed by atoms with E-state index in [0.29, 0.717) is 12.2 Å². The molecule has 17 heavy (non-hydrogen) atoms. The second-order valence-corrected chi connectivity index (χ2v) is 3.66. The van der Waals surface area contributed by atoms with Crippen LogP contribution in [0.2, 0.25) is 0 Å². The minimum Gasteiger partial charge on any atom is -0.480 e. The number of nitrogens with one attached hydrogen (secondary N) is 1. The van der Waals surface area contributed by atoms with Crippen molar-refractivity contribution in [2.24, 2.45) is 0 Å². The van der Waals surface area contributed by atoms with Gasteiger partial charge in [0.25, 0.3) is 5.91 Å². The Kier molecular flexibility index (Phi) is 4.66. The van der Waals surface area contributed by atoms with E-state index in [1.165, 1.54) is 6.92 Å². The monoisotopic (exact) mass is 237 g/mol. The number of benzene rings is 1. The molecule has 0 bridgehead atoms. The minimum atomic E-state index is -1.06. The van der Waals surface area contributed by atoms with E-state index < -0.39 is 17.9 Å². The number of carboxylic acids is 1. The van der Waals surface area contributed by atoms with Crippen LogP contribution in [0, 0.1) is 0 Å². The highest BCUT2D eigenvalue weighted by Crippen LogP contribution is 2.05. The van der Waals surface area contributed by atoms with Crippen LogP contribution in [-0.2, 0) is 16.1 Å². The fourth-order valence-corrected chi connectivity index (χ4v) is 1.26. The number of carbonyl (C=O) groups excluding carboxylic acids is 1. The Morgan fingerprint density at radius 3 is 2.41 bits per heavy atom. The molecule has 0 spiro atoms. The molecule has 1 atom stereocenters. The Morgan fingerprint density at radius 1 is 1.35 bits per heavy atom. The second-order valence-electron chi connectivity index (χ2n) is 3.66. The summed E-state index contributed by atoms with van der Waals surface area (Å²) in [6, 6.07) is 5.91. The van der Waals surface area contributed by atoms with Gasteiger partial charge in [-0.25, -0.2) is 0 Å². The third-order valence-corrected chi connectivity index (χ3v) is 2.25. The highest BCUT2D eigenvalue weighted by atomic mass is 16.5. The van der Waals surface area contributed by atoms with E-state index in [2.05, 4.69) is 5.32 Å². The van der Waals surface area contributed by atoms with Crippen LogP contribution < -0.4 is 5.32 Å². The van der Waals surface area contributed by atoms with Crippen LogP contribution in [0.15, 0.2) is 24.3 Å². The SMILES string of the molecule is COCc1ccc(C(=O)N[C@@H](C)C(=O)O)cc1. The Bertz CT molecular complexity index is 399. The molecule has 1 aromatic carbocycles. The molecule has 5 nitrogen and oxygen atoms in total. The number of hydrogen-bond acceptors (Lipinski definition) is 3. The van der Waals surface area contributed by atoms with Gasteiger partial charge in [-0.3, -0.25) is 9.59 Å². The third kappa shape index (κ3) is 3.88. The molecular weight excluding hydrogens is 222 g/mol. The number of rotatable bonds is 5. The summed E-state index contributed by atoms with van der Waals surface area (Å²) in [7, 11) is 1.59. The Morgan fingerprint density at radius 2 is 1.94 bits per heavy atom. The van der Waals surface area contributed by atoms with Crippen LogP contribution in [0.4, 0.5) is 0 Å². The summed E-state index contributed by atoms with van der Waals surface area (Å²) >= 11 is 0. The number of hydrogen-bond donors (Lipinski definition) is 2. The van der Waals surface area contributed by atoms with Gasteiger partial charge in [0.2, 0.25) is 0 Å². The number of amides is 1. The number of ether oxygens (including phenoxy) is 1. The molecule has 1 amide bonds. The van der Waals surface area contributed by atoms with E-state index in [1.54, 1.807) is 31.4 Å². The lowest BCUT2D eigenvalue weighted by molar-refractivity contribution is -0.138. The highest BCUT2D eigenvalue weighted by Gasteiger charge is 2.14. The average molecular weight is 237 g/mol. The van der Waals surface area contributed by atoms with Crippen molar-refractivity contribution in [2.75, 3.05) is 7.11 Å². The molecule has 0 aromatic heterocycles. The van der Waals surface area contributed by atoms with E-state index in [1.807, 2.05) is 0 Å². The highest BCUT2D eigenvalue weighted by molar-refractivity contribution is 5.96. The van der Waals surface area contributed by atoms with Gasteiger partial charge in [0, 0.05) is 12.7 Å². The summed E-state index contributed by atoms with van der Waals surface area (Å²) < 4.78 is 4.95. The first-order chi connectivity index (χ1) is 8.04. The second kappa shape index (κ2) is 6.00. The zero-order valence-corrected chi connectivity index (χ0v) is 9.77. The van der Waals surface area contributed by atoms with Gasteiger partial charge in [0.05, 0.1) is 6.61 Å². The van der Waals surface area contributed by atoms with Gasteiger partial charge >= 0.3 is 5.97 Å². The predicted molar refractivity (Wildman–Crippen MR) is 61.7 cm³/mol. The van der Waals surface area contributed by atoms with Crippen molar-refractivity contribution < 1.29 is 19.4 Å². The molecule has 2 N–H and O–H groups in total. The molecule has 92 valence electrons. The van der Waals surface area contributed by atoms with Gasteiger partial charge in [0.1, 0.15) is 6.04 Å². The van der Waals surface area contributed by atoms with E-state index in [0.717, 1.165) is 5.56 Å². The van der Waals surface area contributed by atoms with Crippen LogP contribution in [0.3, 0.4) is 0 Å². The summed E-state index contributed by atoms with van der Waals surface area (Å²) in [5.74, 6) is -1.46. The van der Waals surface area contributed by atoms with Gasteiger partial charge in [-0.1, -0.05) is 12.1 Å². The summed E-state index contributed by atoms with van der Waals surface area (Å²) in [6.07, 6.45) is 0. The summed E-state index contributed by atoms with van der Waals surface area (Å²) in [6.45, 7) is 1.90. The first-order valence-electron chi connectivity index (χ1n) is 5.16. The molecule has 0 saturated carbocycles.